The molecule has 0 saturated heterocycles. The molecular weight excluding hydrogens is 265 g/mol. The predicted molar refractivity (Wildman–Crippen MR) is 76.2 cm³/mol. The van der Waals surface area contributed by atoms with Crippen molar-refractivity contribution in [1.29, 1.82) is 0 Å². The molecule has 0 aliphatic rings. The molecule has 0 atom stereocenters. The van der Waals surface area contributed by atoms with Gasteiger partial charge in [0.1, 0.15) is 11.6 Å². The summed E-state index contributed by atoms with van der Waals surface area (Å²) in [7, 11) is 0. The van der Waals surface area contributed by atoms with Crippen molar-refractivity contribution in [3.63, 3.8) is 0 Å². The third kappa shape index (κ3) is 3.03. The summed E-state index contributed by atoms with van der Waals surface area (Å²) >= 11 is 5.99. The van der Waals surface area contributed by atoms with Crippen molar-refractivity contribution in [3.8, 4) is 0 Å². The van der Waals surface area contributed by atoms with Gasteiger partial charge in [-0.25, -0.2) is 9.37 Å². The molecule has 2 rings (SSSR count). The number of halogens is 2. The lowest BCUT2D eigenvalue weighted by molar-refractivity contribution is 0.627. The lowest BCUT2D eigenvalue weighted by Gasteiger charge is -2.22. The monoisotopic (exact) mass is 279 g/mol. The lowest BCUT2D eigenvalue weighted by Crippen LogP contribution is -2.18. The van der Waals surface area contributed by atoms with Gasteiger partial charge in [0, 0.05) is 25.0 Å². The number of benzene rings is 1. The van der Waals surface area contributed by atoms with Gasteiger partial charge in [-0.2, -0.15) is 0 Å². The summed E-state index contributed by atoms with van der Waals surface area (Å²) in [4.78, 5) is 6.18. The van der Waals surface area contributed by atoms with Crippen LogP contribution in [-0.2, 0) is 6.54 Å². The Bertz CT molecular complexity index is 574. The topological polar surface area (TPSA) is 42.1 Å². The Hall–Kier alpha value is -1.65. The van der Waals surface area contributed by atoms with E-state index in [0.717, 1.165) is 11.3 Å². The van der Waals surface area contributed by atoms with Crippen molar-refractivity contribution < 1.29 is 4.39 Å². The van der Waals surface area contributed by atoms with Gasteiger partial charge < -0.3 is 10.6 Å². The van der Waals surface area contributed by atoms with E-state index in [1.165, 1.54) is 12.1 Å². The van der Waals surface area contributed by atoms with Crippen LogP contribution in [0.5, 0.6) is 0 Å². The minimum absolute atomic E-state index is 0.274. The molecule has 1 heterocycles. The normalized spacial score (nSPS) is 10.5. The van der Waals surface area contributed by atoms with E-state index >= 15 is 0 Å². The van der Waals surface area contributed by atoms with Gasteiger partial charge in [0.2, 0.25) is 0 Å². The minimum Gasteiger partial charge on any atom is -0.327 e. The van der Waals surface area contributed by atoms with Crippen LogP contribution in [0.4, 0.5) is 15.9 Å². The lowest BCUT2D eigenvalue weighted by atomic mass is 10.2. The number of nitrogens with zero attached hydrogens (tertiary/aromatic N) is 2. The van der Waals surface area contributed by atoms with E-state index in [0.29, 0.717) is 23.9 Å². The van der Waals surface area contributed by atoms with Crippen LogP contribution in [0, 0.1) is 5.82 Å². The van der Waals surface area contributed by atoms with Crippen molar-refractivity contribution >= 4 is 23.1 Å². The highest BCUT2D eigenvalue weighted by atomic mass is 35.5. The number of rotatable bonds is 4. The van der Waals surface area contributed by atoms with E-state index in [4.69, 9.17) is 17.3 Å². The largest absolute Gasteiger partial charge is 0.327 e. The number of aromatic nitrogens is 1. The predicted octanol–water partition coefficient (Wildman–Crippen LogP) is 3.49. The Morgan fingerprint density at radius 1 is 1.37 bits per heavy atom. The van der Waals surface area contributed by atoms with Crippen LogP contribution in [0.25, 0.3) is 0 Å². The molecule has 0 saturated carbocycles. The van der Waals surface area contributed by atoms with Gasteiger partial charge in [0.15, 0.2) is 0 Å². The van der Waals surface area contributed by atoms with Crippen LogP contribution >= 0.6 is 11.6 Å². The highest BCUT2D eigenvalue weighted by molar-refractivity contribution is 6.31. The van der Waals surface area contributed by atoms with Crippen LogP contribution < -0.4 is 10.6 Å². The van der Waals surface area contributed by atoms with E-state index in [2.05, 4.69) is 4.98 Å². The molecule has 5 heteroatoms. The zero-order valence-electron chi connectivity index (χ0n) is 10.6. The summed E-state index contributed by atoms with van der Waals surface area (Å²) in [6.45, 7) is 2.99. The Balaban J connectivity index is 2.42. The average Bonchev–Trinajstić information content (AvgIpc) is 2.41. The molecule has 0 aliphatic carbocycles. The number of nitrogens with two attached hydrogens (primary N) is 1. The Labute approximate surface area is 116 Å². The zero-order chi connectivity index (χ0) is 13.8. The van der Waals surface area contributed by atoms with Gasteiger partial charge >= 0.3 is 0 Å². The number of pyridine rings is 1. The van der Waals surface area contributed by atoms with E-state index in [1.807, 2.05) is 24.0 Å². The first-order valence-corrected chi connectivity index (χ1v) is 6.41. The maximum atomic E-state index is 13.3. The van der Waals surface area contributed by atoms with Crippen LogP contribution in [0.15, 0.2) is 36.5 Å². The first kappa shape index (κ1) is 13.8. The van der Waals surface area contributed by atoms with Gasteiger partial charge in [-0.1, -0.05) is 17.7 Å². The Kier molecular flexibility index (Phi) is 4.35. The third-order valence-electron chi connectivity index (χ3n) is 2.85. The zero-order valence-corrected chi connectivity index (χ0v) is 11.4. The first-order chi connectivity index (χ1) is 9.15. The smallest absolute Gasteiger partial charge is 0.133 e. The van der Waals surface area contributed by atoms with Gasteiger partial charge in [-0.15, -0.1) is 0 Å². The van der Waals surface area contributed by atoms with Crippen LogP contribution in [-0.4, -0.2) is 11.5 Å². The maximum absolute atomic E-state index is 13.3. The Morgan fingerprint density at radius 2 is 2.16 bits per heavy atom. The molecule has 2 N–H and O–H groups in total. The Morgan fingerprint density at radius 3 is 2.79 bits per heavy atom. The molecule has 0 aliphatic heterocycles. The summed E-state index contributed by atoms with van der Waals surface area (Å²) < 4.78 is 13.3. The second-order valence-electron chi connectivity index (χ2n) is 4.06. The fourth-order valence-corrected chi connectivity index (χ4v) is 2.07. The van der Waals surface area contributed by atoms with Crippen molar-refractivity contribution in [2.75, 3.05) is 11.4 Å². The average molecular weight is 280 g/mol. The van der Waals surface area contributed by atoms with E-state index in [9.17, 15) is 4.39 Å². The molecule has 100 valence electrons. The van der Waals surface area contributed by atoms with Crippen molar-refractivity contribution in [2.24, 2.45) is 5.73 Å². The number of hydrogen-bond donors (Lipinski definition) is 1. The quantitative estimate of drug-likeness (QED) is 0.931. The molecular formula is C14H15ClFN3. The van der Waals surface area contributed by atoms with Crippen molar-refractivity contribution in [3.05, 3.63) is 52.9 Å². The maximum Gasteiger partial charge on any atom is 0.133 e. The number of hydrogen-bond acceptors (Lipinski definition) is 3. The molecule has 0 unspecified atom stereocenters. The van der Waals surface area contributed by atoms with Crippen LogP contribution in [0.1, 0.15) is 12.5 Å². The standard InChI is InChI=1S/C14H15ClFN3/c1-2-19(12-5-3-4-11(16)7-12)14-6-10(8-17)13(15)9-18-14/h3-7,9H,2,8,17H2,1H3. The molecule has 0 amide bonds. The third-order valence-corrected chi connectivity index (χ3v) is 3.19. The molecule has 0 bridgehead atoms. The highest BCUT2D eigenvalue weighted by Gasteiger charge is 2.11. The fourth-order valence-electron chi connectivity index (χ4n) is 1.89. The van der Waals surface area contributed by atoms with E-state index in [-0.39, 0.29) is 5.82 Å². The first-order valence-electron chi connectivity index (χ1n) is 6.03. The van der Waals surface area contributed by atoms with Crippen LogP contribution in [0.2, 0.25) is 5.02 Å². The van der Waals surface area contributed by atoms with E-state index in [1.54, 1.807) is 12.3 Å². The van der Waals surface area contributed by atoms with Crippen molar-refractivity contribution in [1.82, 2.24) is 4.98 Å². The molecule has 1 aromatic heterocycles. The molecule has 19 heavy (non-hydrogen) atoms. The van der Waals surface area contributed by atoms with Gasteiger partial charge in [-0.05, 0) is 36.8 Å². The second-order valence-corrected chi connectivity index (χ2v) is 4.47. The van der Waals surface area contributed by atoms with Crippen molar-refractivity contribution in [2.45, 2.75) is 13.5 Å². The van der Waals surface area contributed by atoms with Gasteiger partial charge in [-0.3, -0.25) is 0 Å². The molecule has 0 radical (unpaired) electrons. The van der Waals surface area contributed by atoms with Gasteiger partial charge in [0.25, 0.3) is 0 Å². The molecule has 3 nitrogen and oxygen atoms in total. The molecule has 2 aromatic rings. The van der Waals surface area contributed by atoms with Gasteiger partial charge in [0.05, 0.1) is 5.02 Å². The SMILES string of the molecule is CCN(c1cccc(F)c1)c1cc(CN)c(Cl)cn1. The summed E-state index contributed by atoms with van der Waals surface area (Å²) in [5.74, 6) is 0.432. The van der Waals surface area contributed by atoms with Crippen LogP contribution in [0.3, 0.4) is 0 Å². The minimum atomic E-state index is -0.274. The summed E-state index contributed by atoms with van der Waals surface area (Å²) in [5.41, 5.74) is 7.20. The number of anilines is 2. The highest BCUT2D eigenvalue weighted by Crippen LogP contribution is 2.26. The second kappa shape index (κ2) is 5.99. The molecule has 0 spiro atoms. The molecule has 1 aromatic carbocycles. The fraction of sp³-hybridized carbons (Fsp3) is 0.214. The summed E-state index contributed by atoms with van der Waals surface area (Å²) in [6.07, 6.45) is 1.57. The summed E-state index contributed by atoms with van der Waals surface area (Å²) in [5, 5.41) is 0.543. The van der Waals surface area contributed by atoms with E-state index < -0.39 is 0 Å². The summed E-state index contributed by atoms with van der Waals surface area (Å²) in [6, 6.07) is 8.23. The molecule has 0 fully saturated rings.